The van der Waals surface area contributed by atoms with Crippen LogP contribution >= 0.6 is 11.6 Å². The number of aryl methyl sites for hydroxylation is 2. The summed E-state index contributed by atoms with van der Waals surface area (Å²) in [5, 5.41) is 1.71. The van der Waals surface area contributed by atoms with E-state index >= 15 is 0 Å². The number of pyridine rings is 1. The monoisotopic (exact) mass is 483 g/mol. The molecule has 2 aromatic heterocycles. The summed E-state index contributed by atoms with van der Waals surface area (Å²) in [7, 11) is 3.81. The van der Waals surface area contributed by atoms with E-state index in [2.05, 4.69) is 29.2 Å². The van der Waals surface area contributed by atoms with Crippen molar-refractivity contribution in [2.45, 2.75) is 12.8 Å². The molecule has 5 aromatic rings. The van der Waals surface area contributed by atoms with Gasteiger partial charge in [0.05, 0.1) is 24.4 Å². The van der Waals surface area contributed by atoms with E-state index in [1.54, 1.807) is 10.6 Å². The van der Waals surface area contributed by atoms with Crippen LogP contribution in [0.5, 0.6) is 5.75 Å². The Morgan fingerprint density at radius 3 is 2.31 bits per heavy atom. The largest absolute Gasteiger partial charge is 0.494 e. The third-order valence-electron chi connectivity index (χ3n) is 6.43. The van der Waals surface area contributed by atoms with Gasteiger partial charge >= 0.3 is 0 Å². The Balaban J connectivity index is 1.73. The van der Waals surface area contributed by atoms with E-state index in [0.29, 0.717) is 11.6 Å². The summed E-state index contributed by atoms with van der Waals surface area (Å²) in [6.07, 6.45) is 3.71. The Morgan fingerprint density at radius 1 is 0.943 bits per heavy atom. The summed E-state index contributed by atoms with van der Waals surface area (Å²) >= 11 is 6.19. The number of rotatable bonds is 6. The van der Waals surface area contributed by atoms with Crippen LogP contribution in [-0.2, 0) is 14.1 Å². The lowest BCUT2D eigenvalue weighted by molar-refractivity contribution is 0.340. The average Bonchev–Trinajstić information content (AvgIpc) is 3.29. The van der Waals surface area contributed by atoms with Crippen LogP contribution < -0.4 is 10.3 Å². The molecule has 0 spiro atoms. The lowest BCUT2D eigenvalue weighted by Gasteiger charge is -2.21. The maximum atomic E-state index is 12.8. The highest BCUT2D eigenvalue weighted by Gasteiger charge is 2.21. The molecule has 0 aliphatic carbocycles. The minimum Gasteiger partial charge on any atom is -0.494 e. The van der Waals surface area contributed by atoms with E-state index in [4.69, 9.17) is 16.3 Å². The molecule has 2 heterocycles. The molecule has 0 saturated carbocycles. The van der Waals surface area contributed by atoms with Gasteiger partial charge < -0.3 is 13.9 Å². The topological polar surface area (TPSA) is 49.1 Å². The van der Waals surface area contributed by atoms with Gasteiger partial charge in [0.25, 0.3) is 5.56 Å². The number of fused-ring (bicyclic) bond motifs is 1. The number of benzene rings is 3. The first-order valence-electron chi connectivity index (χ1n) is 11.5. The SMILES string of the molecule is CCOc1ccc(-c2cc(=O)n(C)c3ccc(C(c4ccc(Cl)cc4)c4cncn4C)cc23)cc1. The van der Waals surface area contributed by atoms with Crippen LogP contribution in [0.3, 0.4) is 0 Å². The van der Waals surface area contributed by atoms with Crippen molar-refractivity contribution in [1.82, 2.24) is 14.1 Å². The van der Waals surface area contributed by atoms with Crippen molar-refractivity contribution < 1.29 is 4.74 Å². The van der Waals surface area contributed by atoms with Crippen LogP contribution in [0.25, 0.3) is 22.0 Å². The second-order valence-corrected chi connectivity index (χ2v) is 9.04. The molecule has 3 aromatic carbocycles. The molecule has 5 rings (SSSR count). The van der Waals surface area contributed by atoms with Gasteiger partial charge in [-0.2, -0.15) is 0 Å². The molecule has 0 fully saturated rings. The molecular formula is C29H26ClN3O2. The number of nitrogens with zero attached hydrogens (tertiary/aromatic N) is 3. The second-order valence-electron chi connectivity index (χ2n) is 8.60. The molecule has 1 unspecified atom stereocenters. The van der Waals surface area contributed by atoms with Crippen molar-refractivity contribution in [2.24, 2.45) is 14.1 Å². The van der Waals surface area contributed by atoms with Crippen LogP contribution in [0.2, 0.25) is 5.02 Å². The van der Waals surface area contributed by atoms with Gasteiger partial charge in [-0.3, -0.25) is 4.79 Å². The summed E-state index contributed by atoms with van der Waals surface area (Å²) in [5.74, 6) is 0.763. The third kappa shape index (κ3) is 4.35. The molecule has 5 nitrogen and oxygen atoms in total. The van der Waals surface area contributed by atoms with E-state index in [1.165, 1.54) is 0 Å². The maximum Gasteiger partial charge on any atom is 0.251 e. The number of ether oxygens (including phenoxy) is 1. The third-order valence-corrected chi connectivity index (χ3v) is 6.69. The maximum absolute atomic E-state index is 12.8. The molecule has 0 N–H and O–H groups in total. The number of halogens is 1. The zero-order chi connectivity index (χ0) is 24.5. The van der Waals surface area contributed by atoms with Crippen LogP contribution in [0.1, 0.15) is 29.7 Å². The Bertz CT molecular complexity index is 1550. The molecule has 0 aliphatic heterocycles. The quantitative estimate of drug-likeness (QED) is 0.290. The standard InChI is InChI=1S/C29H26ClN3O2/c1-4-35-23-12-7-19(8-13-23)24-16-28(34)33(3)26-14-9-21(15-25(24)26)29(27-17-31-18-32(27)2)20-5-10-22(30)11-6-20/h5-18,29H,4H2,1-3H3. The van der Waals surface area contributed by atoms with Crippen molar-refractivity contribution in [3.05, 3.63) is 118 Å². The highest BCUT2D eigenvalue weighted by atomic mass is 35.5. The first-order valence-corrected chi connectivity index (χ1v) is 11.9. The number of hydrogen-bond acceptors (Lipinski definition) is 3. The van der Waals surface area contributed by atoms with Gasteiger partial charge in [0.15, 0.2) is 0 Å². The Morgan fingerprint density at radius 2 is 1.66 bits per heavy atom. The summed E-state index contributed by atoms with van der Waals surface area (Å²) in [4.78, 5) is 17.2. The molecule has 0 bridgehead atoms. The highest BCUT2D eigenvalue weighted by Crippen LogP contribution is 2.36. The van der Waals surface area contributed by atoms with Crippen molar-refractivity contribution in [1.29, 1.82) is 0 Å². The van der Waals surface area contributed by atoms with Gasteiger partial charge in [0, 0.05) is 42.5 Å². The van der Waals surface area contributed by atoms with Crippen molar-refractivity contribution in [2.75, 3.05) is 6.61 Å². The van der Waals surface area contributed by atoms with E-state index in [9.17, 15) is 4.79 Å². The normalized spacial score (nSPS) is 12.1. The van der Waals surface area contributed by atoms with Gasteiger partial charge in [0.1, 0.15) is 5.75 Å². The predicted octanol–water partition coefficient (Wildman–Crippen LogP) is 6.17. The first kappa shape index (κ1) is 22.9. The molecule has 176 valence electrons. The lowest BCUT2D eigenvalue weighted by Crippen LogP contribution is -2.16. The van der Waals surface area contributed by atoms with Crippen molar-refractivity contribution >= 4 is 22.5 Å². The van der Waals surface area contributed by atoms with Gasteiger partial charge in [-0.1, -0.05) is 41.9 Å². The van der Waals surface area contributed by atoms with Gasteiger partial charge in [-0.15, -0.1) is 0 Å². The zero-order valence-electron chi connectivity index (χ0n) is 19.9. The highest BCUT2D eigenvalue weighted by molar-refractivity contribution is 6.30. The molecule has 0 radical (unpaired) electrons. The first-order chi connectivity index (χ1) is 17.0. The van der Waals surface area contributed by atoms with E-state index in [1.807, 2.05) is 80.6 Å². The zero-order valence-corrected chi connectivity index (χ0v) is 20.7. The smallest absolute Gasteiger partial charge is 0.251 e. The number of hydrogen-bond donors (Lipinski definition) is 0. The Labute approximate surface area is 209 Å². The summed E-state index contributed by atoms with van der Waals surface area (Å²) in [6, 6.07) is 23.8. The fourth-order valence-electron chi connectivity index (χ4n) is 4.63. The predicted molar refractivity (Wildman–Crippen MR) is 141 cm³/mol. The molecule has 35 heavy (non-hydrogen) atoms. The fourth-order valence-corrected chi connectivity index (χ4v) is 4.76. The number of aromatic nitrogens is 3. The Kier molecular flexibility index (Phi) is 6.18. The molecule has 1 atom stereocenters. The Hall–Kier alpha value is -3.83. The van der Waals surface area contributed by atoms with Crippen LogP contribution in [0, 0.1) is 0 Å². The molecule has 6 heteroatoms. The van der Waals surface area contributed by atoms with Crippen LogP contribution in [-0.4, -0.2) is 20.7 Å². The lowest BCUT2D eigenvalue weighted by atomic mass is 9.87. The van der Waals surface area contributed by atoms with Gasteiger partial charge in [-0.05, 0) is 65.6 Å². The minimum atomic E-state index is -0.0467. The molecular weight excluding hydrogens is 458 g/mol. The molecule has 0 aliphatic rings. The molecule has 0 saturated heterocycles. The molecule has 0 amide bonds. The number of imidazole rings is 1. The fraction of sp³-hybridized carbons (Fsp3) is 0.172. The van der Waals surface area contributed by atoms with E-state index < -0.39 is 0 Å². The summed E-state index contributed by atoms with van der Waals surface area (Å²) in [6.45, 7) is 2.57. The summed E-state index contributed by atoms with van der Waals surface area (Å²) in [5.41, 5.74) is 5.99. The van der Waals surface area contributed by atoms with E-state index in [0.717, 1.165) is 44.6 Å². The van der Waals surface area contributed by atoms with E-state index in [-0.39, 0.29) is 11.5 Å². The van der Waals surface area contributed by atoms with Crippen molar-refractivity contribution in [3.63, 3.8) is 0 Å². The van der Waals surface area contributed by atoms with Crippen LogP contribution in [0.4, 0.5) is 0 Å². The van der Waals surface area contributed by atoms with Gasteiger partial charge in [-0.25, -0.2) is 4.98 Å². The second kappa shape index (κ2) is 9.43. The van der Waals surface area contributed by atoms with Crippen LogP contribution in [0.15, 0.2) is 90.1 Å². The summed E-state index contributed by atoms with van der Waals surface area (Å²) < 4.78 is 9.34. The van der Waals surface area contributed by atoms with Gasteiger partial charge in [0.2, 0.25) is 0 Å². The minimum absolute atomic E-state index is 0.0463. The van der Waals surface area contributed by atoms with Crippen molar-refractivity contribution in [3.8, 4) is 16.9 Å². The average molecular weight is 484 g/mol.